The molecule has 0 atom stereocenters. The van der Waals surface area contributed by atoms with Crippen LogP contribution in [0.25, 0.3) is 0 Å². The molecule has 0 saturated carbocycles. The lowest BCUT2D eigenvalue weighted by Crippen LogP contribution is -2.06. The number of carboxylic acid groups (broad SMARTS) is 1. The lowest BCUT2D eigenvalue weighted by molar-refractivity contribution is -0.432. The molecule has 256 valence electrons. The zero-order valence-electron chi connectivity index (χ0n) is 24.6. The van der Waals surface area contributed by atoms with E-state index in [2.05, 4.69) is 45.7 Å². The monoisotopic (exact) mass is 733 g/mol. The van der Waals surface area contributed by atoms with Crippen LogP contribution in [0.4, 0.5) is 28.4 Å². The van der Waals surface area contributed by atoms with Crippen LogP contribution in [0, 0.1) is 0 Å². The van der Waals surface area contributed by atoms with Gasteiger partial charge in [-0.25, -0.2) is 10.1 Å². The van der Waals surface area contributed by atoms with Gasteiger partial charge >= 0.3 is 5.97 Å². The number of hydrazone groups is 1. The fourth-order valence-corrected chi connectivity index (χ4v) is 5.40. The van der Waals surface area contributed by atoms with E-state index in [0.29, 0.717) is 29.9 Å². The van der Waals surface area contributed by atoms with E-state index in [1.54, 1.807) is 37.4 Å². The van der Waals surface area contributed by atoms with Gasteiger partial charge in [0, 0.05) is 23.2 Å². The molecule has 0 fully saturated rings. The third kappa shape index (κ3) is 9.84. The van der Waals surface area contributed by atoms with Crippen LogP contribution in [0.5, 0.6) is 5.75 Å². The summed E-state index contributed by atoms with van der Waals surface area (Å²) in [5.74, 6) is -2.96. The van der Waals surface area contributed by atoms with Gasteiger partial charge < -0.3 is 15.5 Å². The first-order valence-electron chi connectivity index (χ1n) is 13.1. The number of azo groups is 2. The van der Waals surface area contributed by atoms with E-state index < -0.39 is 47.4 Å². The van der Waals surface area contributed by atoms with Crippen LogP contribution >= 0.6 is 12.0 Å². The summed E-state index contributed by atoms with van der Waals surface area (Å²) >= 11 is 0.520. The van der Waals surface area contributed by atoms with Gasteiger partial charge in [0.15, 0.2) is 5.75 Å². The van der Waals surface area contributed by atoms with Crippen LogP contribution in [0.15, 0.2) is 119 Å². The number of anilines is 2. The van der Waals surface area contributed by atoms with Crippen molar-refractivity contribution in [2.24, 2.45) is 25.6 Å². The van der Waals surface area contributed by atoms with Crippen molar-refractivity contribution in [1.29, 1.82) is 0 Å². The number of phenolic OH excluding ortho intramolecular Hbond substituents is 1. The maximum atomic E-state index is 11.9. The van der Waals surface area contributed by atoms with Gasteiger partial charge in [-0.15, -0.1) is 14.6 Å². The van der Waals surface area contributed by atoms with E-state index in [1.807, 2.05) is 0 Å². The molecule has 19 nitrogen and oxygen atoms in total. The molecule has 0 amide bonds. The molecule has 0 aliphatic rings. The molecule has 0 aliphatic carbocycles. The number of aromatic carboxylic acids is 1. The number of carboxylic acids is 1. The normalized spacial score (nSPS) is 12.4. The first-order valence-corrected chi connectivity index (χ1v) is 16.7. The molecule has 4 rings (SSSR count). The highest BCUT2D eigenvalue weighted by atomic mass is 32.2. The molecule has 0 spiro atoms. The number of nitrogens with zero attached hydrogens (tertiary/aromatic N) is 5. The minimum absolute atomic E-state index is 0.127. The van der Waals surface area contributed by atoms with Crippen LogP contribution in [-0.2, 0) is 29.6 Å². The Balaban J connectivity index is 1.83. The summed E-state index contributed by atoms with van der Waals surface area (Å²) in [6.07, 6.45) is 0. The number of benzene rings is 4. The Bertz CT molecular complexity index is 2180. The lowest BCUT2D eigenvalue weighted by Gasteiger charge is -2.09. The Morgan fingerprint density at radius 2 is 1.57 bits per heavy atom. The Morgan fingerprint density at radius 1 is 0.857 bits per heavy atom. The lowest BCUT2D eigenvalue weighted by atomic mass is 10.2. The molecule has 4 aromatic rings. The maximum absolute atomic E-state index is 11.9. The molecule has 49 heavy (non-hydrogen) atoms. The molecule has 0 heterocycles. The third-order valence-electron chi connectivity index (χ3n) is 6.06. The molecule has 0 aromatic heterocycles. The number of nitrogens with one attached hydrogen (secondary N) is 2. The van der Waals surface area contributed by atoms with Crippen molar-refractivity contribution in [3.8, 4) is 5.75 Å². The van der Waals surface area contributed by atoms with Crippen LogP contribution in [0.2, 0.25) is 0 Å². The number of carbonyl (C=O) groups is 1. The second-order valence-electron chi connectivity index (χ2n) is 9.27. The maximum Gasteiger partial charge on any atom is 0.337 e. The highest BCUT2D eigenvalue weighted by molar-refractivity contribution is 7.94. The van der Waals surface area contributed by atoms with E-state index in [4.69, 9.17) is 5.26 Å². The van der Waals surface area contributed by atoms with Gasteiger partial charge in [0.25, 0.3) is 20.2 Å². The molecule has 0 bridgehead atoms. The Hall–Kier alpha value is -5.33. The number of amidine groups is 1. The minimum atomic E-state index is -5.23. The number of hydrogen-bond acceptors (Lipinski definition) is 16. The van der Waals surface area contributed by atoms with Crippen molar-refractivity contribution in [2.75, 3.05) is 17.8 Å². The summed E-state index contributed by atoms with van der Waals surface area (Å²) in [4.78, 5) is 9.77. The fraction of sp³-hybridized carbons (Fsp3) is 0.0370. The molecular weight excluding hydrogens is 711 g/mol. The predicted octanol–water partition coefficient (Wildman–Crippen LogP) is 6.03. The largest absolute Gasteiger partial charge is 0.504 e. The second-order valence-corrected chi connectivity index (χ2v) is 12.9. The zero-order valence-corrected chi connectivity index (χ0v) is 27.0. The molecule has 0 unspecified atom stereocenters. The van der Waals surface area contributed by atoms with Gasteiger partial charge in [-0.1, -0.05) is 17.2 Å². The van der Waals surface area contributed by atoms with Crippen molar-refractivity contribution >= 4 is 72.5 Å². The van der Waals surface area contributed by atoms with Crippen molar-refractivity contribution in [3.05, 3.63) is 90.0 Å². The van der Waals surface area contributed by atoms with E-state index >= 15 is 0 Å². The van der Waals surface area contributed by atoms with Gasteiger partial charge in [0.05, 0.1) is 39.6 Å². The van der Waals surface area contributed by atoms with Crippen molar-refractivity contribution < 1.29 is 55.6 Å². The van der Waals surface area contributed by atoms with Crippen LogP contribution in [0.1, 0.15) is 15.9 Å². The summed E-state index contributed by atoms with van der Waals surface area (Å²) < 4.78 is 70.6. The van der Waals surface area contributed by atoms with E-state index in [0.717, 1.165) is 5.69 Å². The van der Waals surface area contributed by atoms with Gasteiger partial charge in [0.1, 0.15) is 10.6 Å². The Kier molecular flexibility index (Phi) is 11.7. The minimum Gasteiger partial charge on any atom is -0.504 e. The first kappa shape index (κ1) is 36.5. The summed E-state index contributed by atoms with van der Waals surface area (Å²) in [6.45, 7) is 0. The van der Waals surface area contributed by atoms with Gasteiger partial charge in [-0.05, 0) is 66.7 Å². The van der Waals surface area contributed by atoms with Gasteiger partial charge in [-0.2, -0.15) is 32.2 Å². The zero-order chi connectivity index (χ0) is 35.8. The van der Waals surface area contributed by atoms with Crippen molar-refractivity contribution in [2.45, 2.75) is 14.7 Å². The molecule has 0 saturated heterocycles. The number of rotatable bonds is 13. The highest BCUT2D eigenvalue weighted by Crippen LogP contribution is 2.37. The summed E-state index contributed by atoms with van der Waals surface area (Å²) in [7, 11) is -8.54. The third-order valence-corrected chi connectivity index (χ3v) is 8.34. The van der Waals surface area contributed by atoms with Gasteiger partial charge in [0.2, 0.25) is 5.84 Å². The van der Waals surface area contributed by atoms with Crippen LogP contribution in [0.3, 0.4) is 0 Å². The van der Waals surface area contributed by atoms with Crippen LogP contribution in [-0.4, -0.2) is 60.3 Å². The van der Waals surface area contributed by atoms with Crippen molar-refractivity contribution in [1.82, 2.24) is 0 Å². The average molecular weight is 734 g/mol. The number of hydrogen-bond donors (Lipinski definition) is 7. The Morgan fingerprint density at radius 3 is 2.20 bits per heavy atom. The summed E-state index contributed by atoms with van der Waals surface area (Å²) in [5, 5.41) is 55.2. The summed E-state index contributed by atoms with van der Waals surface area (Å²) in [5.41, 5.74) is 3.04. The second kappa shape index (κ2) is 15.7. The van der Waals surface area contributed by atoms with Gasteiger partial charge in [-0.3, -0.25) is 14.5 Å². The highest BCUT2D eigenvalue weighted by Gasteiger charge is 2.24. The topological polar surface area (TPSA) is 291 Å². The van der Waals surface area contributed by atoms with Crippen molar-refractivity contribution in [3.63, 3.8) is 0 Å². The number of aromatic hydroxyl groups is 1. The SMILES string of the molecule is CNc1ccc(N=Nc2cccc(/C(N=Nc3cc(S(=O)(=O)O)cc(S(=O)(=O)O)c3O)=N/Nc3cc(SOOO)ccc3C(=O)O)c2)cc1. The smallest absolute Gasteiger partial charge is 0.337 e. The Labute approximate surface area is 281 Å². The molecular formula is C27H23N7O12S3. The summed E-state index contributed by atoms with van der Waals surface area (Å²) in [6, 6.07) is 17.6. The molecule has 7 N–H and O–H groups in total. The van der Waals surface area contributed by atoms with Crippen LogP contribution < -0.4 is 10.7 Å². The number of phenols is 1. The first-order chi connectivity index (χ1) is 23.2. The van der Waals surface area contributed by atoms with E-state index in [1.165, 1.54) is 36.4 Å². The molecule has 0 radical (unpaired) electrons. The quantitative estimate of drug-likeness (QED) is 0.0157. The average Bonchev–Trinajstić information content (AvgIpc) is 3.06. The standard InChI is InChI=1S/C27H23N7O12S3/c1-28-16-5-7-17(8-6-16)29-30-18-4-2-3-15(11-18)26(33-31-22-12-19(47-46-45-38)9-10-21(22)27(36)37)34-32-23-13-20(48(39,40)41)14-24(25(23)35)49(42,43)44/h2-14,28,31,35,38H,1H3,(H,36,37)(H,39,40,41)(H,42,43,44)/b30-29?,33-26-,34-32?. The molecule has 0 aliphatic heterocycles. The predicted molar refractivity (Wildman–Crippen MR) is 173 cm³/mol. The fourth-order valence-electron chi connectivity index (χ4n) is 3.78. The molecule has 4 aromatic carbocycles. The van der Waals surface area contributed by atoms with E-state index in [-0.39, 0.29) is 33.2 Å². The molecule has 22 heteroatoms. The van der Waals surface area contributed by atoms with E-state index in [9.17, 15) is 40.9 Å².